The summed E-state index contributed by atoms with van der Waals surface area (Å²) in [6.07, 6.45) is 5.37. The first kappa shape index (κ1) is 19.0. The molecule has 2 aliphatic rings. The van der Waals surface area contributed by atoms with Crippen molar-refractivity contribution in [1.82, 2.24) is 4.90 Å². The van der Waals surface area contributed by atoms with Crippen LogP contribution in [0.3, 0.4) is 0 Å². The normalized spacial score (nSPS) is 25.4. The third-order valence-electron chi connectivity index (χ3n) is 4.70. The minimum absolute atomic E-state index is 0. The number of Topliss-reactive ketones (excluding diaryl/α,β-unsaturated/α-hetero) is 1. The Morgan fingerprint density at radius 1 is 1.17 bits per heavy atom. The molecule has 0 N–H and O–H groups in total. The molecule has 0 radical (unpaired) electrons. The van der Waals surface area contributed by atoms with Crippen molar-refractivity contribution in [3.8, 4) is 0 Å². The smallest absolute Gasteiger partial charge is 0.148 e. The maximum absolute atomic E-state index is 11.6. The molecule has 1 saturated carbocycles. The van der Waals surface area contributed by atoms with Crippen molar-refractivity contribution in [1.29, 1.82) is 0 Å². The van der Waals surface area contributed by atoms with E-state index < -0.39 is 0 Å². The van der Waals surface area contributed by atoms with E-state index in [1.54, 1.807) is 0 Å². The maximum Gasteiger partial charge on any atom is 0.148 e. The Balaban J connectivity index is 0.00000192. The van der Waals surface area contributed by atoms with Gasteiger partial charge in [0.2, 0.25) is 0 Å². The van der Waals surface area contributed by atoms with Gasteiger partial charge in [-0.25, -0.2) is 0 Å². The molecular weight excluding hydrogens is 357 g/mol. The van der Waals surface area contributed by atoms with Crippen molar-refractivity contribution in [2.24, 2.45) is 0 Å². The molecule has 2 atom stereocenters. The Labute approximate surface area is 153 Å². The number of carbonyl (C=O) groups excluding carboxylic acids is 1. The summed E-state index contributed by atoms with van der Waals surface area (Å²) in [5.41, 5.74) is 0.854. The van der Waals surface area contributed by atoms with Crippen LogP contribution in [0.25, 0.3) is 0 Å². The summed E-state index contributed by atoms with van der Waals surface area (Å²) in [4.78, 5) is 13.8. The Bertz CT molecular complexity index is 532. The van der Waals surface area contributed by atoms with Crippen molar-refractivity contribution in [3.05, 3.63) is 33.8 Å². The van der Waals surface area contributed by atoms with Gasteiger partial charge in [0.1, 0.15) is 5.78 Å². The first-order valence-corrected chi connectivity index (χ1v) is 8.71. The zero-order valence-corrected chi connectivity index (χ0v) is 15.3. The number of benzene rings is 1. The fourth-order valence-corrected chi connectivity index (χ4v) is 3.99. The minimum Gasteiger partial charge on any atom is -0.372 e. The highest BCUT2D eigenvalue weighted by Crippen LogP contribution is 2.30. The third-order valence-corrected chi connectivity index (χ3v) is 5.41. The molecule has 128 valence electrons. The standard InChI is InChI=1S/C17H21Cl2NO2.ClH/c18-14-4-3-5-15(19)13(14)11-22-17-7-2-1-6-16(17)20-9-8-12(21)10-20;/h3-5,16-17H,1-2,6-11H2;1H/t16-,17-;/m0./s1. The second kappa shape index (κ2) is 8.68. The minimum atomic E-state index is 0. The molecule has 0 unspecified atom stereocenters. The van der Waals surface area contributed by atoms with Gasteiger partial charge in [-0.3, -0.25) is 9.69 Å². The summed E-state index contributed by atoms with van der Waals surface area (Å²) >= 11 is 12.4. The fourth-order valence-electron chi connectivity index (χ4n) is 3.49. The lowest BCUT2D eigenvalue weighted by molar-refractivity contribution is -0.117. The predicted molar refractivity (Wildman–Crippen MR) is 95.7 cm³/mol. The topological polar surface area (TPSA) is 29.5 Å². The summed E-state index contributed by atoms with van der Waals surface area (Å²) in [7, 11) is 0. The lowest BCUT2D eigenvalue weighted by Crippen LogP contribution is -2.45. The largest absolute Gasteiger partial charge is 0.372 e. The summed E-state index contributed by atoms with van der Waals surface area (Å²) in [6, 6.07) is 5.86. The number of hydrogen-bond acceptors (Lipinski definition) is 3. The second-order valence-electron chi connectivity index (χ2n) is 6.16. The van der Waals surface area contributed by atoms with Crippen LogP contribution in [0.1, 0.15) is 37.7 Å². The van der Waals surface area contributed by atoms with Crippen LogP contribution in [0, 0.1) is 0 Å². The molecule has 0 amide bonds. The average Bonchev–Trinajstić information content (AvgIpc) is 2.93. The molecule has 3 rings (SSSR count). The maximum atomic E-state index is 11.6. The van der Waals surface area contributed by atoms with Crippen molar-refractivity contribution in [3.63, 3.8) is 0 Å². The number of ketones is 1. The lowest BCUT2D eigenvalue weighted by atomic mass is 9.91. The number of ether oxygens (including phenoxy) is 1. The Hall–Kier alpha value is -0.320. The van der Waals surface area contributed by atoms with Gasteiger partial charge in [-0.15, -0.1) is 12.4 Å². The first-order chi connectivity index (χ1) is 10.6. The van der Waals surface area contributed by atoms with E-state index in [-0.39, 0.29) is 18.5 Å². The quantitative estimate of drug-likeness (QED) is 0.771. The highest BCUT2D eigenvalue weighted by Gasteiger charge is 2.34. The number of halogens is 3. The van der Waals surface area contributed by atoms with Crippen molar-refractivity contribution in [2.45, 2.75) is 50.9 Å². The molecule has 0 bridgehead atoms. The van der Waals surface area contributed by atoms with E-state index in [2.05, 4.69) is 4.90 Å². The molecule has 0 aromatic heterocycles. The SMILES string of the molecule is Cl.O=C1CCN([C@H]2CCCC[C@@H]2OCc2c(Cl)cccc2Cl)C1. The summed E-state index contributed by atoms with van der Waals surface area (Å²) in [6.45, 7) is 1.88. The second-order valence-corrected chi connectivity index (χ2v) is 6.98. The van der Waals surface area contributed by atoms with Gasteiger partial charge in [-0.05, 0) is 25.0 Å². The van der Waals surface area contributed by atoms with Crippen LogP contribution >= 0.6 is 35.6 Å². The van der Waals surface area contributed by atoms with Crippen molar-refractivity contribution >= 4 is 41.4 Å². The zero-order chi connectivity index (χ0) is 15.5. The van der Waals surface area contributed by atoms with E-state index in [0.717, 1.165) is 24.9 Å². The molecule has 1 heterocycles. The molecule has 1 aromatic rings. The number of rotatable bonds is 4. The van der Waals surface area contributed by atoms with Crippen LogP contribution in [0.5, 0.6) is 0 Å². The Morgan fingerprint density at radius 3 is 2.52 bits per heavy atom. The van der Waals surface area contributed by atoms with Gasteiger partial charge in [0.25, 0.3) is 0 Å². The van der Waals surface area contributed by atoms with E-state index in [1.165, 1.54) is 12.8 Å². The molecule has 2 fully saturated rings. The van der Waals surface area contributed by atoms with Gasteiger partial charge in [0, 0.05) is 34.6 Å². The van der Waals surface area contributed by atoms with Gasteiger partial charge in [0.05, 0.1) is 19.3 Å². The highest BCUT2D eigenvalue weighted by molar-refractivity contribution is 6.35. The molecule has 1 saturated heterocycles. The van der Waals surface area contributed by atoms with Gasteiger partial charge < -0.3 is 4.74 Å². The van der Waals surface area contributed by atoms with E-state index in [0.29, 0.717) is 41.4 Å². The van der Waals surface area contributed by atoms with E-state index >= 15 is 0 Å². The van der Waals surface area contributed by atoms with Crippen LogP contribution < -0.4 is 0 Å². The molecule has 3 nitrogen and oxygen atoms in total. The predicted octanol–water partition coefficient (Wildman–Crippen LogP) is 4.52. The van der Waals surface area contributed by atoms with E-state index in [9.17, 15) is 4.79 Å². The monoisotopic (exact) mass is 377 g/mol. The molecule has 0 spiro atoms. The number of likely N-dealkylation sites (tertiary alicyclic amines) is 1. The number of nitrogens with zero attached hydrogens (tertiary/aromatic N) is 1. The van der Waals surface area contributed by atoms with Crippen LogP contribution in [0.4, 0.5) is 0 Å². The Kier molecular flexibility index (Phi) is 7.18. The van der Waals surface area contributed by atoms with Crippen molar-refractivity contribution in [2.75, 3.05) is 13.1 Å². The first-order valence-electron chi connectivity index (χ1n) is 7.95. The molecule has 6 heteroatoms. The van der Waals surface area contributed by atoms with E-state index in [4.69, 9.17) is 27.9 Å². The zero-order valence-electron chi connectivity index (χ0n) is 13.0. The molecule has 1 aliphatic heterocycles. The van der Waals surface area contributed by atoms with Crippen molar-refractivity contribution < 1.29 is 9.53 Å². The number of hydrogen-bond donors (Lipinski definition) is 0. The molecule has 23 heavy (non-hydrogen) atoms. The van der Waals surface area contributed by atoms with Gasteiger partial charge in [-0.2, -0.15) is 0 Å². The highest BCUT2D eigenvalue weighted by atomic mass is 35.5. The van der Waals surface area contributed by atoms with Crippen LogP contribution in [0.2, 0.25) is 10.0 Å². The number of carbonyl (C=O) groups is 1. The van der Waals surface area contributed by atoms with Gasteiger partial charge in [0.15, 0.2) is 0 Å². The van der Waals surface area contributed by atoms with Gasteiger partial charge in [-0.1, -0.05) is 42.1 Å². The third kappa shape index (κ3) is 4.61. The molecule has 1 aromatic carbocycles. The molecule has 1 aliphatic carbocycles. The Morgan fingerprint density at radius 2 is 1.87 bits per heavy atom. The average molecular weight is 379 g/mol. The molecular formula is C17H22Cl3NO2. The lowest BCUT2D eigenvalue weighted by Gasteiger charge is -2.37. The van der Waals surface area contributed by atoms with Crippen LogP contribution in [0.15, 0.2) is 18.2 Å². The van der Waals surface area contributed by atoms with Gasteiger partial charge >= 0.3 is 0 Å². The van der Waals surface area contributed by atoms with Crippen LogP contribution in [-0.4, -0.2) is 35.9 Å². The summed E-state index contributed by atoms with van der Waals surface area (Å²) in [5, 5.41) is 1.30. The fraction of sp³-hybridized carbons (Fsp3) is 0.588. The van der Waals surface area contributed by atoms with E-state index in [1.807, 2.05) is 18.2 Å². The van der Waals surface area contributed by atoms with Crippen LogP contribution in [-0.2, 0) is 16.1 Å². The summed E-state index contributed by atoms with van der Waals surface area (Å²) < 4.78 is 6.17. The summed E-state index contributed by atoms with van der Waals surface area (Å²) in [5.74, 6) is 0.346.